The Hall–Kier alpha value is -1.84. The lowest BCUT2D eigenvalue weighted by molar-refractivity contribution is -0.144. The molecule has 136 valence electrons. The van der Waals surface area contributed by atoms with E-state index in [0.29, 0.717) is 12.2 Å². The van der Waals surface area contributed by atoms with E-state index in [1.54, 1.807) is 0 Å². The smallest absolute Gasteiger partial charge is 0.311 e. The van der Waals surface area contributed by atoms with Gasteiger partial charge in [-0.05, 0) is 55.9 Å². The van der Waals surface area contributed by atoms with E-state index in [1.165, 1.54) is 5.56 Å². The number of hydrogen-bond donors (Lipinski definition) is 0. The molecule has 0 aromatic heterocycles. The monoisotopic (exact) mass is 344 g/mol. The van der Waals surface area contributed by atoms with Gasteiger partial charge in [-0.25, -0.2) is 0 Å². The van der Waals surface area contributed by atoms with Crippen LogP contribution in [0.5, 0.6) is 5.75 Å². The van der Waals surface area contributed by atoms with Crippen molar-refractivity contribution < 1.29 is 19.1 Å². The molecule has 0 radical (unpaired) electrons. The molecule has 1 heterocycles. The zero-order valence-corrected chi connectivity index (χ0v) is 15.7. The van der Waals surface area contributed by atoms with Crippen molar-refractivity contribution in [2.75, 3.05) is 0 Å². The number of unbranched alkanes of at least 4 members (excludes halogenated alkanes) is 2. The van der Waals surface area contributed by atoms with Crippen LogP contribution in [0.4, 0.5) is 0 Å². The Morgan fingerprint density at radius 1 is 1.32 bits per heavy atom. The molecule has 0 unspecified atom stereocenters. The van der Waals surface area contributed by atoms with Crippen LogP contribution in [0, 0.1) is 25.7 Å². The van der Waals surface area contributed by atoms with Gasteiger partial charge in [0.1, 0.15) is 11.9 Å². The molecule has 0 spiro atoms. The lowest BCUT2D eigenvalue weighted by Gasteiger charge is -2.31. The van der Waals surface area contributed by atoms with E-state index in [0.717, 1.165) is 48.8 Å². The van der Waals surface area contributed by atoms with Gasteiger partial charge in [0.25, 0.3) is 0 Å². The zero-order valence-electron chi connectivity index (χ0n) is 15.7. The molecule has 1 aromatic rings. The molecule has 0 N–H and O–H groups in total. The third-order valence-corrected chi connectivity index (χ3v) is 5.79. The van der Waals surface area contributed by atoms with Crippen molar-refractivity contribution in [2.45, 2.75) is 72.3 Å². The maximum absolute atomic E-state index is 12.1. The van der Waals surface area contributed by atoms with Gasteiger partial charge in [0.2, 0.25) is 0 Å². The van der Waals surface area contributed by atoms with Crippen molar-refractivity contribution in [1.82, 2.24) is 0 Å². The maximum atomic E-state index is 12.1. The Labute approximate surface area is 149 Å². The molecule has 2 aliphatic rings. The second-order valence-corrected chi connectivity index (χ2v) is 7.49. The molecule has 4 nitrogen and oxygen atoms in total. The van der Waals surface area contributed by atoms with E-state index in [9.17, 15) is 9.59 Å². The van der Waals surface area contributed by atoms with Gasteiger partial charge >= 0.3 is 11.9 Å². The Bertz CT molecular complexity index is 692. The SMILES string of the molecule is CCCCCC(=O)Oc1cc(C)c2c(c1C)[C@@H]1OC(=O)[C@@H](C)[C@@H]1CC2. The van der Waals surface area contributed by atoms with Crippen LogP contribution in [0.25, 0.3) is 0 Å². The van der Waals surface area contributed by atoms with E-state index < -0.39 is 0 Å². The van der Waals surface area contributed by atoms with Gasteiger partial charge in [-0.15, -0.1) is 0 Å². The number of esters is 2. The number of rotatable bonds is 5. The number of aryl methyl sites for hydroxylation is 1. The number of benzene rings is 1. The van der Waals surface area contributed by atoms with Crippen LogP contribution < -0.4 is 4.74 Å². The Kier molecular flexibility index (Phi) is 5.16. The summed E-state index contributed by atoms with van der Waals surface area (Å²) in [5, 5.41) is 0. The van der Waals surface area contributed by atoms with Crippen molar-refractivity contribution in [3.05, 3.63) is 28.3 Å². The van der Waals surface area contributed by atoms with E-state index in [1.807, 2.05) is 26.8 Å². The summed E-state index contributed by atoms with van der Waals surface area (Å²) in [5.74, 6) is 0.502. The minimum absolute atomic E-state index is 0.0573. The predicted octanol–water partition coefficient (Wildman–Crippen LogP) is 4.59. The second kappa shape index (κ2) is 7.19. The lowest BCUT2D eigenvalue weighted by atomic mass is 9.74. The molecule has 3 atom stereocenters. The molecule has 3 rings (SSSR count). The highest BCUT2D eigenvalue weighted by Gasteiger charge is 2.46. The van der Waals surface area contributed by atoms with Gasteiger partial charge < -0.3 is 9.47 Å². The topological polar surface area (TPSA) is 52.6 Å². The Balaban J connectivity index is 1.89. The molecule has 4 heteroatoms. The highest BCUT2D eigenvalue weighted by atomic mass is 16.6. The van der Waals surface area contributed by atoms with Crippen LogP contribution in [0.3, 0.4) is 0 Å². The normalized spacial score (nSPS) is 24.5. The molecule has 0 bridgehead atoms. The summed E-state index contributed by atoms with van der Waals surface area (Å²) in [6, 6.07) is 1.96. The number of carbonyl (C=O) groups excluding carboxylic acids is 2. The van der Waals surface area contributed by atoms with Crippen LogP contribution in [0.15, 0.2) is 6.07 Å². The summed E-state index contributed by atoms with van der Waals surface area (Å²) in [4.78, 5) is 24.2. The van der Waals surface area contributed by atoms with Gasteiger partial charge in [-0.1, -0.05) is 26.7 Å². The van der Waals surface area contributed by atoms with Crippen LogP contribution in [0.1, 0.15) is 74.3 Å². The molecule has 1 aromatic carbocycles. The highest BCUT2D eigenvalue weighted by Crippen LogP contribution is 2.49. The number of fused-ring (bicyclic) bond motifs is 3. The first kappa shape index (κ1) is 18.0. The number of hydrogen-bond acceptors (Lipinski definition) is 4. The van der Waals surface area contributed by atoms with E-state index in [-0.39, 0.29) is 29.9 Å². The van der Waals surface area contributed by atoms with Crippen molar-refractivity contribution in [3.63, 3.8) is 0 Å². The summed E-state index contributed by atoms with van der Waals surface area (Å²) >= 11 is 0. The first-order valence-corrected chi connectivity index (χ1v) is 9.48. The fourth-order valence-corrected chi connectivity index (χ4v) is 4.22. The molecule has 1 aliphatic heterocycles. The van der Waals surface area contributed by atoms with E-state index >= 15 is 0 Å². The molecular weight excluding hydrogens is 316 g/mol. The van der Waals surface area contributed by atoms with Crippen LogP contribution in [0.2, 0.25) is 0 Å². The molecule has 0 saturated carbocycles. The summed E-state index contributed by atoms with van der Waals surface area (Å²) in [7, 11) is 0. The minimum atomic E-state index is -0.191. The van der Waals surface area contributed by atoms with Gasteiger partial charge in [-0.2, -0.15) is 0 Å². The summed E-state index contributed by atoms with van der Waals surface area (Å²) in [6.07, 6.45) is 5.16. The van der Waals surface area contributed by atoms with Crippen LogP contribution in [-0.4, -0.2) is 11.9 Å². The van der Waals surface area contributed by atoms with Gasteiger partial charge in [0.05, 0.1) is 5.92 Å². The molecular formula is C21H28O4. The second-order valence-electron chi connectivity index (χ2n) is 7.49. The molecule has 1 aliphatic carbocycles. The fraction of sp³-hybridized carbons (Fsp3) is 0.619. The first-order chi connectivity index (χ1) is 11.9. The third-order valence-electron chi connectivity index (χ3n) is 5.79. The highest BCUT2D eigenvalue weighted by molar-refractivity contribution is 5.76. The van der Waals surface area contributed by atoms with Crippen LogP contribution >= 0.6 is 0 Å². The first-order valence-electron chi connectivity index (χ1n) is 9.48. The molecule has 0 amide bonds. The summed E-state index contributed by atoms with van der Waals surface area (Å²) in [6.45, 7) is 8.10. The minimum Gasteiger partial charge on any atom is -0.457 e. The lowest BCUT2D eigenvalue weighted by Crippen LogP contribution is -2.23. The average molecular weight is 344 g/mol. The zero-order chi connectivity index (χ0) is 18.1. The van der Waals surface area contributed by atoms with Crippen molar-refractivity contribution >= 4 is 11.9 Å². The molecule has 25 heavy (non-hydrogen) atoms. The predicted molar refractivity (Wildman–Crippen MR) is 95.5 cm³/mol. The molecule has 1 saturated heterocycles. The van der Waals surface area contributed by atoms with Crippen molar-refractivity contribution in [3.8, 4) is 5.75 Å². The Morgan fingerprint density at radius 3 is 2.80 bits per heavy atom. The van der Waals surface area contributed by atoms with Crippen LogP contribution in [-0.2, 0) is 20.7 Å². The van der Waals surface area contributed by atoms with Gasteiger partial charge in [0.15, 0.2) is 0 Å². The maximum Gasteiger partial charge on any atom is 0.311 e. The quantitative estimate of drug-likeness (QED) is 0.445. The third kappa shape index (κ3) is 3.31. The van der Waals surface area contributed by atoms with Gasteiger partial charge in [-0.3, -0.25) is 9.59 Å². The fourth-order valence-electron chi connectivity index (χ4n) is 4.22. The summed E-state index contributed by atoms with van der Waals surface area (Å²) in [5.41, 5.74) is 4.39. The van der Waals surface area contributed by atoms with Crippen molar-refractivity contribution in [2.24, 2.45) is 11.8 Å². The van der Waals surface area contributed by atoms with E-state index in [2.05, 4.69) is 6.92 Å². The van der Waals surface area contributed by atoms with E-state index in [4.69, 9.17) is 9.47 Å². The Morgan fingerprint density at radius 2 is 2.08 bits per heavy atom. The largest absolute Gasteiger partial charge is 0.457 e. The number of carbonyl (C=O) groups is 2. The van der Waals surface area contributed by atoms with Crippen molar-refractivity contribution in [1.29, 1.82) is 0 Å². The summed E-state index contributed by atoms with van der Waals surface area (Å²) < 4.78 is 11.4. The van der Waals surface area contributed by atoms with Gasteiger partial charge in [0, 0.05) is 17.9 Å². The standard InChI is InChI=1S/C21H28O4/c1-5-6-7-8-18(22)24-17-11-12(2)15-9-10-16-13(3)21(23)25-20(16)19(15)14(17)4/h11,13,16,20H,5-10H2,1-4H3/t13-,16-,20+/m0/s1. The number of ether oxygens (including phenoxy) is 2. The average Bonchev–Trinajstić information content (AvgIpc) is 2.87. The molecule has 1 fully saturated rings.